The Balaban J connectivity index is 0.995. The topological polar surface area (TPSA) is 25.8 Å². The Labute approximate surface area is 316 Å². The van der Waals surface area contributed by atoms with Crippen LogP contribution in [-0.2, 0) is 5.41 Å². The summed E-state index contributed by atoms with van der Waals surface area (Å²) in [5, 5.41) is 5.19. The molecule has 4 bridgehead atoms. The summed E-state index contributed by atoms with van der Waals surface area (Å²) in [6, 6.07) is 58.2. The average Bonchev–Trinajstić information content (AvgIpc) is 3.51. The molecule has 4 saturated carbocycles. The molecule has 8 aromatic rings. The Hall–Kier alpha value is -5.86. The molecule has 5 aliphatic carbocycles. The van der Waals surface area contributed by atoms with Gasteiger partial charge in [-0.2, -0.15) is 0 Å². The van der Waals surface area contributed by atoms with Crippen molar-refractivity contribution in [1.82, 2.24) is 9.97 Å². The summed E-state index contributed by atoms with van der Waals surface area (Å²) in [7, 11) is 0. The first-order valence-electron chi connectivity index (χ1n) is 19.9. The second-order valence-corrected chi connectivity index (χ2v) is 16.6. The Morgan fingerprint density at radius 1 is 0.389 bits per heavy atom. The van der Waals surface area contributed by atoms with E-state index in [-0.39, 0.29) is 5.41 Å². The fraction of sp³-hybridized carbons (Fsp3) is 0.192. The van der Waals surface area contributed by atoms with Crippen molar-refractivity contribution in [3.63, 3.8) is 0 Å². The van der Waals surface area contributed by atoms with Crippen LogP contribution in [0.25, 0.3) is 77.7 Å². The molecule has 1 spiro atoms. The van der Waals surface area contributed by atoms with Crippen molar-refractivity contribution in [3.8, 4) is 56.2 Å². The van der Waals surface area contributed by atoms with Gasteiger partial charge in [-0.1, -0.05) is 127 Å². The molecule has 258 valence electrons. The minimum Gasteiger partial charge on any atom is -0.228 e. The Morgan fingerprint density at radius 2 is 0.963 bits per heavy atom. The molecular formula is C52H40N2. The molecule has 2 heteroatoms. The molecule has 1 heterocycles. The smallest absolute Gasteiger partial charge is 0.160 e. The molecule has 0 unspecified atom stereocenters. The van der Waals surface area contributed by atoms with E-state index < -0.39 is 0 Å². The predicted octanol–water partition coefficient (Wildman–Crippen LogP) is 13.2. The minimum absolute atomic E-state index is 0.138. The molecule has 7 aromatic carbocycles. The third-order valence-corrected chi connectivity index (χ3v) is 13.8. The summed E-state index contributed by atoms with van der Waals surface area (Å²) in [5.41, 5.74) is 14.1. The monoisotopic (exact) mass is 692 g/mol. The van der Waals surface area contributed by atoms with Gasteiger partial charge in [-0.3, -0.25) is 0 Å². The van der Waals surface area contributed by atoms with Gasteiger partial charge < -0.3 is 0 Å². The van der Waals surface area contributed by atoms with E-state index in [4.69, 9.17) is 9.97 Å². The second kappa shape index (κ2) is 11.6. The summed E-state index contributed by atoms with van der Waals surface area (Å²) in [5.74, 6) is 4.08. The molecule has 0 saturated heterocycles. The quantitative estimate of drug-likeness (QED) is 0.183. The van der Waals surface area contributed by atoms with E-state index in [1.165, 1.54) is 75.9 Å². The second-order valence-electron chi connectivity index (χ2n) is 16.6. The van der Waals surface area contributed by atoms with Crippen molar-refractivity contribution in [2.75, 3.05) is 0 Å². The summed E-state index contributed by atoms with van der Waals surface area (Å²) in [4.78, 5) is 10.1. The van der Waals surface area contributed by atoms with Gasteiger partial charge in [0.05, 0.1) is 11.4 Å². The van der Waals surface area contributed by atoms with Crippen molar-refractivity contribution in [1.29, 1.82) is 0 Å². The zero-order valence-electron chi connectivity index (χ0n) is 30.3. The van der Waals surface area contributed by atoms with Gasteiger partial charge in [0.1, 0.15) is 0 Å². The summed E-state index contributed by atoms with van der Waals surface area (Å²) in [6.45, 7) is 0. The number of hydrogen-bond donors (Lipinski definition) is 0. The molecule has 0 aliphatic heterocycles. The molecular weight excluding hydrogens is 653 g/mol. The third kappa shape index (κ3) is 4.46. The van der Waals surface area contributed by atoms with Crippen LogP contribution in [0.4, 0.5) is 0 Å². The summed E-state index contributed by atoms with van der Waals surface area (Å²) >= 11 is 0. The molecule has 0 atom stereocenters. The number of nitrogens with zero attached hydrogens (tertiary/aromatic N) is 2. The predicted molar refractivity (Wildman–Crippen MR) is 222 cm³/mol. The standard InChI is InChI=1S/C52H40N2/c1-3-10-34(11-4-1)48-31-49(54-51(53-48)35-12-5-2-6-13-35)41-21-19-38-27-40(20-18-39(38)28-41)44-16-9-17-46-50(44)45-29-36-14-7-8-15-37(36)30-47(45)52(46)42-23-32-22-33(25-42)26-43(52)24-32/h1-21,27-33,42-43H,22-26H2. The third-order valence-electron chi connectivity index (χ3n) is 13.8. The maximum absolute atomic E-state index is 5.12. The summed E-state index contributed by atoms with van der Waals surface area (Å²) in [6.07, 6.45) is 7.06. The van der Waals surface area contributed by atoms with E-state index in [0.717, 1.165) is 57.6 Å². The Bertz CT molecular complexity index is 2700. The normalized spacial score (nSPS) is 23.3. The fourth-order valence-electron chi connectivity index (χ4n) is 11.8. The number of hydrogen-bond acceptors (Lipinski definition) is 2. The van der Waals surface area contributed by atoms with Crippen LogP contribution in [0.3, 0.4) is 0 Å². The van der Waals surface area contributed by atoms with Crippen LogP contribution >= 0.6 is 0 Å². The van der Waals surface area contributed by atoms with Gasteiger partial charge in [0.25, 0.3) is 0 Å². The van der Waals surface area contributed by atoms with Gasteiger partial charge in [-0.25, -0.2) is 9.97 Å². The maximum atomic E-state index is 5.12. The van der Waals surface area contributed by atoms with E-state index in [1.54, 1.807) is 11.1 Å². The van der Waals surface area contributed by atoms with Crippen LogP contribution < -0.4 is 0 Å². The largest absolute Gasteiger partial charge is 0.228 e. The maximum Gasteiger partial charge on any atom is 0.160 e. The highest BCUT2D eigenvalue weighted by Gasteiger charge is 2.61. The van der Waals surface area contributed by atoms with Crippen LogP contribution in [0.1, 0.15) is 43.2 Å². The Kier molecular flexibility index (Phi) is 6.55. The van der Waals surface area contributed by atoms with Gasteiger partial charge in [-0.05, 0) is 141 Å². The van der Waals surface area contributed by atoms with Gasteiger partial charge in [-0.15, -0.1) is 0 Å². The lowest BCUT2D eigenvalue weighted by atomic mass is 9.43. The minimum atomic E-state index is 0.138. The van der Waals surface area contributed by atoms with Crippen LogP contribution in [0, 0.1) is 23.7 Å². The number of rotatable bonds is 4. The highest BCUT2D eigenvalue weighted by Crippen LogP contribution is 2.70. The Morgan fingerprint density at radius 3 is 1.67 bits per heavy atom. The van der Waals surface area contributed by atoms with E-state index in [2.05, 4.69) is 133 Å². The number of fused-ring (bicyclic) bond motifs is 5. The lowest BCUT2D eigenvalue weighted by molar-refractivity contribution is -0.0398. The van der Waals surface area contributed by atoms with Crippen molar-refractivity contribution in [2.45, 2.75) is 37.5 Å². The highest BCUT2D eigenvalue weighted by atomic mass is 14.9. The van der Waals surface area contributed by atoms with Crippen molar-refractivity contribution >= 4 is 21.5 Å². The van der Waals surface area contributed by atoms with Crippen LogP contribution in [0.5, 0.6) is 0 Å². The van der Waals surface area contributed by atoms with Crippen LogP contribution in [0.2, 0.25) is 0 Å². The zero-order valence-corrected chi connectivity index (χ0v) is 30.3. The van der Waals surface area contributed by atoms with E-state index >= 15 is 0 Å². The first-order valence-corrected chi connectivity index (χ1v) is 19.9. The van der Waals surface area contributed by atoms with Crippen molar-refractivity contribution in [3.05, 3.63) is 169 Å². The highest BCUT2D eigenvalue weighted by molar-refractivity contribution is 6.00. The van der Waals surface area contributed by atoms with Crippen molar-refractivity contribution in [2.24, 2.45) is 23.7 Å². The number of benzene rings is 7. The lowest BCUT2D eigenvalue weighted by Gasteiger charge is -2.61. The van der Waals surface area contributed by atoms with Crippen LogP contribution in [0.15, 0.2) is 158 Å². The molecule has 0 amide bonds. The molecule has 1 aromatic heterocycles. The number of aromatic nitrogens is 2. The SMILES string of the molecule is c1ccc(-c2cc(-c3ccc4cc(-c5cccc6c5-c5cc7ccccc7cc5C65C6CC7CC(C6)CC5C7)ccc4c3)nc(-c3ccccc3)n2)cc1. The molecule has 13 rings (SSSR count). The van der Waals surface area contributed by atoms with Gasteiger partial charge in [0.2, 0.25) is 0 Å². The van der Waals surface area contributed by atoms with Gasteiger partial charge in [0, 0.05) is 22.1 Å². The van der Waals surface area contributed by atoms with Gasteiger partial charge in [0.15, 0.2) is 5.82 Å². The molecule has 0 radical (unpaired) electrons. The molecule has 5 aliphatic rings. The molecule has 4 fully saturated rings. The first kappa shape index (κ1) is 30.6. The van der Waals surface area contributed by atoms with E-state index in [9.17, 15) is 0 Å². The van der Waals surface area contributed by atoms with Crippen molar-refractivity contribution < 1.29 is 0 Å². The average molecular weight is 693 g/mol. The molecule has 0 N–H and O–H groups in total. The molecule has 2 nitrogen and oxygen atoms in total. The lowest BCUT2D eigenvalue weighted by Crippen LogP contribution is -2.55. The van der Waals surface area contributed by atoms with E-state index in [0.29, 0.717) is 0 Å². The zero-order chi connectivity index (χ0) is 35.4. The molecule has 54 heavy (non-hydrogen) atoms. The fourth-order valence-corrected chi connectivity index (χ4v) is 11.8. The summed E-state index contributed by atoms with van der Waals surface area (Å²) < 4.78 is 0. The van der Waals surface area contributed by atoms with Gasteiger partial charge >= 0.3 is 0 Å². The van der Waals surface area contributed by atoms with Crippen LogP contribution in [-0.4, -0.2) is 9.97 Å². The first-order chi connectivity index (χ1) is 26.7. The van der Waals surface area contributed by atoms with E-state index in [1.807, 2.05) is 24.3 Å².